The quantitative estimate of drug-likeness (QED) is 0.801. The first-order chi connectivity index (χ1) is 10.1. The van der Waals surface area contributed by atoms with Crippen LogP contribution in [0.3, 0.4) is 0 Å². The molecule has 0 atom stereocenters. The molecule has 1 aromatic rings. The topological polar surface area (TPSA) is 61.9 Å². The highest BCUT2D eigenvalue weighted by Gasteiger charge is 2.28. The second-order valence-corrected chi connectivity index (χ2v) is 5.00. The van der Waals surface area contributed by atoms with Crippen LogP contribution in [0.2, 0.25) is 0 Å². The van der Waals surface area contributed by atoms with Gasteiger partial charge in [0.25, 0.3) is 5.91 Å². The van der Waals surface area contributed by atoms with Crippen LogP contribution in [-0.2, 0) is 14.4 Å². The fraction of sp³-hybridized carbons (Fsp3) is 0.333. The Morgan fingerprint density at radius 2 is 2.00 bits per heavy atom. The summed E-state index contributed by atoms with van der Waals surface area (Å²) in [6.07, 6.45) is 1.64. The summed E-state index contributed by atoms with van der Waals surface area (Å²) in [4.78, 5) is 31.3. The molecule has 6 heteroatoms. The molecule has 1 fully saturated rings. The lowest BCUT2D eigenvalue weighted by atomic mass is 10.1. The molecule has 1 aromatic carbocycles. The van der Waals surface area contributed by atoms with Gasteiger partial charge in [-0.15, -0.1) is 0 Å². The van der Waals surface area contributed by atoms with Crippen LogP contribution in [0.5, 0.6) is 0 Å². The van der Waals surface area contributed by atoms with Crippen LogP contribution >= 0.6 is 0 Å². The third-order valence-corrected chi connectivity index (χ3v) is 2.91. The summed E-state index contributed by atoms with van der Waals surface area (Å²) in [5, 5.41) is 3.69. The van der Waals surface area contributed by atoms with Gasteiger partial charge in [-0.2, -0.15) is 0 Å². The molecule has 6 nitrogen and oxygen atoms in total. The van der Waals surface area contributed by atoms with Gasteiger partial charge in [-0.3, -0.25) is 14.4 Å². The van der Waals surface area contributed by atoms with E-state index in [1.807, 2.05) is 49.3 Å². The van der Waals surface area contributed by atoms with Crippen molar-refractivity contribution in [3.63, 3.8) is 0 Å². The fourth-order valence-corrected chi connectivity index (χ4v) is 1.83. The molecule has 1 aliphatic rings. The number of hydroxylamine groups is 2. The van der Waals surface area contributed by atoms with E-state index in [0.717, 1.165) is 10.6 Å². The molecule has 2 amide bonds. The smallest absolute Gasteiger partial charge is 0.294 e. The predicted molar refractivity (Wildman–Crippen MR) is 78.8 cm³/mol. The van der Waals surface area contributed by atoms with Crippen molar-refractivity contribution in [3.05, 3.63) is 41.6 Å². The Balaban J connectivity index is 2.07. The highest BCUT2D eigenvalue weighted by molar-refractivity contribution is 6.05. The predicted octanol–water partition coefficient (Wildman–Crippen LogP) is 0.479. The molecule has 21 heavy (non-hydrogen) atoms. The molecular formula is C15H19N3O3. The summed E-state index contributed by atoms with van der Waals surface area (Å²) in [5.74, 6) is -0.598. The number of amides is 2. The lowest BCUT2D eigenvalue weighted by Gasteiger charge is -2.27. The Kier molecular flexibility index (Phi) is 5.08. The Morgan fingerprint density at radius 1 is 1.29 bits per heavy atom. The summed E-state index contributed by atoms with van der Waals surface area (Å²) >= 11 is 0. The molecule has 0 saturated carbocycles. The van der Waals surface area contributed by atoms with Crippen LogP contribution < -0.4 is 5.32 Å². The first-order valence-corrected chi connectivity index (χ1v) is 6.72. The first-order valence-electron chi connectivity index (χ1n) is 6.72. The Hall–Kier alpha value is -2.18. The van der Waals surface area contributed by atoms with Crippen molar-refractivity contribution in [2.24, 2.45) is 0 Å². The van der Waals surface area contributed by atoms with Crippen LogP contribution in [0, 0.1) is 0 Å². The molecule has 0 radical (unpaired) electrons. The molecule has 1 N–H and O–H groups in total. The molecule has 112 valence electrons. The Morgan fingerprint density at radius 3 is 2.67 bits per heavy atom. The zero-order valence-electron chi connectivity index (χ0n) is 12.2. The number of benzene rings is 1. The number of nitrogens with one attached hydrogen (secondary N) is 1. The van der Waals surface area contributed by atoms with Gasteiger partial charge in [-0.1, -0.05) is 30.3 Å². The number of hydrogen-bond donors (Lipinski definition) is 1. The van der Waals surface area contributed by atoms with Gasteiger partial charge in [0.2, 0.25) is 5.91 Å². The highest BCUT2D eigenvalue weighted by Crippen LogP contribution is 2.11. The zero-order valence-corrected chi connectivity index (χ0v) is 12.2. The third kappa shape index (κ3) is 4.40. The van der Waals surface area contributed by atoms with Gasteiger partial charge in [0.1, 0.15) is 12.2 Å². The number of nitrogens with zero attached hydrogens (tertiary/aromatic N) is 2. The number of carbonyl (C=O) groups is 2. The summed E-state index contributed by atoms with van der Waals surface area (Å²) in [7, 11) is 3.82. The second-order valence-electron chi connectivity index (χ2n) is 5.00. The van der Waals surface area contributed by atoms with Crippen molar-refractivity contribution in [2.75, 3.05) is 33.8 Å². The van der Waals surface area contributed by atoms with Gasteiger partial charge in [0.15, 0.2) is 0 Å². The first kappa shape index (κ1) is 15.2. The van der Waals surface area contributed by atoms with E-state index in [2.05, 4.69) is 5.32 Å². The molecule has 1 saturated heterocycles. The molecule has 0 aliphatic carbocycles. The molecular weight excluding hydrogens is 270 g/mol. The van der Waals surface area contributed by atoms with Crippen LogP contribution in [0.25, 0.3) is 6.08 Å². The van der Waals surface area contributed by atoms with Crippen molar-refractivity contribution >= 4 is 17.9 Å². The molecule has 1 aliphatic heterocycles. The maximum Gasteiger partial charge on any atom is 0.294 e. The number of carbonyl (C=O) groups excluding carboxylic acids is 2. The van der Waals surface area contributed by atoms with Crippen molar-refractivity contribution < 1.29 is 14.4 Å². The largest absolute Gasteiger partial charge is 0.320 e. The minimum absolute atomic E-state index is 0.0849. The van der Waals surface area contributed by atoms with Gasteiger partial charge in [0, 0.05) is 6.54 Å². The summed E-state index contributed by atoms with van der Waals surface area (Å²) in [5.41, 5.74) is 1.07. The molecule has 0 spiro atoms. The van der Waals surface area contributed by atoms with E-state index in [1.165, 1.54) is 0 Å². The van der Waals surface area contributed by atoms with E-state index < -0.39 is 0 Å². The third-order valence-electron chi connectivity index (χ3n) is 2.91. The van der Waals surface area contributed by atoms with Crippen molar-refractivity contribution in [2.45, 2.75) is 0 Å². The monoisotopic (exact) mass is 289 g/mol. The van der Waals surface area contributed by atoms with Crippen molar-refractivity contribution in [1.82, 2.24) is 15.3 Å². The Labute approximate surface area is 123 Å². The summed E-state index contributed by atoms with van der Waals surface area (Å²) in [6.45, 7) is 0.937. The molecule has 0 bridgehead atoms. The summed E-state index contributed by atoms with van der Waals surface area (Å²) < 4.78 is 0. The van der Waals surface area contributed by atoms with Gasteiger partial charge < -0.3 is 10.2 Å². The van der Waals surface area contributed by atoms with E-state index in [-0.39, 0.29) is 24.1 Å². The van der Waals surface area contributed by atoms with Crippen LogP contribution in [-0.4, -0.2) is 55.6 Å². The van der Waals surface area contributed by atoms with Crippen LogP contribution in [0.4, 0.5) is 0 Å². The minimum atomic E-state index is -0.336. The van der Waals surface area contributed by atoms with Crippen molar-refractivity contribution in [3.8, 4) is 0 Å². The van der Waals surface area contributed by atoms with E-state index in [9.17, 15) is 9.59 Å². The molecule has 0 unspecified atom stereocenters. The molecule has 2 rings (SSSR count). The lowest BCUT2D eigenvalue weighted by Crippen LogP contribution is -2.50. The lowest BCUT2D eigenvalue weighted by molar-refractivity contribution is -0.189. The second kappa shape index (κ2) is 7.01. The molecule has 1 heterocycles. The zero-order chi connectivity index (χ0) is 15.2. The minimum Gasteiger partial charge on any atom is -0.320 e. The van der Waals surface area contributed by atoms with E-state index in [0.29, 0.717) is 13.2 Å². The average Bonchev–Trinajstić information content (AvgIpc) is 2.44. The van der Waals surface area contributed by atoms with Gasteiger partial charge in [-0.25, -0.2) is 5.06 Å². The summed E-state index contributed by atoms with van der Waals surface area (Å²) in [6, 6.07) is 9.34. The van der Waals surface area contributed by atoms with E-state index in [4.69, 9.17) is 4.84 Å². The maximum atomic E-state index is 12.3. The Bertz CT molecular complexity index is 540. The van der Waals surface area contributed by atoms with E-state index >= 15 is 0 Å². The molecule has 0 aromatic heterocycles. The normalized spacial score (nSPS) is 17.5. The SMILES string of the molecule is CN(C)CCON1CC(=O)NC(=Cc2ccccc2)C1=O. The fourth-order valence-electron chi connectivity index (χ4n) is 1.83. The average molecular weight is 289 g/mol. The number of piperazine rings is 1. The van der Waals surface area contributed by atoms with E-state index in [1.54, 1.807) is 6.08 Å². The van der Waals surface area contributed by atoms with Crippen LogP contribution in [0.15, 0.2) is 36.0 Å². The number of likely N-dealkylation sites (N-methyl/N-ethyl adjacent to an activating group) is 1. The van der Waals surface area contributed by atoms with Gasteiger partial charge in [-0.05, 0) is 25.7 Å². The maximum absolute atomic E-state index is 12.3. The van der Waals surface area contributed by atoms with Crippen LogP contribution in [0.1, 0.15) is 5.56 Å². The highest BCUT2D eigenvalue weighted by atomic mass is 16.7. The standard InChI is InChI=1S/C15H19N3O3/c1-17(2)8-9-21-18-11-14(19)16-13(15(18)20)10-12-6-4-3-5-7-12/h3-7,10H,8-9,11H2,1-2H3,(H,16,19). The van der Waals surface area contributed by atoms with Crippen molar-refractivity contribution in [1.29, 1.82) is 0 Å². The number of hydrogen-bond acceptors (Lipinski definition) is 4. The number of rotatable bonds is 5. The van der Waals surface area contributed by atoms with Gasteiger partial charge in [0.05, 0.1) is 6.61 Å². The van der Waals surface area contributed by atoms with Gasteiger partial charge >= 0.3 is 0 Å².